The molecule has 2 N–H and O–H groups in total. The largest absolute Gasteiger partial charge is 0.493 e. The molecule has 0 bridgehead atoms. The van der Waals surface area contributed by atoms with Crippen molar-refractivity contribution in [2.24, 2.45) is 5.73 Å². The Balaban J connectivity index is 1.95. The van der Waals surface area contributed by atoms with Gasteiger partial charge in [-0.3, -0.25) is 4.98 Å². The Morgan fingerprint density at radius 2 is 2.05 bits per heavy atom. The first kappa shape index (κ1) is 14.0. The van der Waals surface area contributed by atoms with Crippen molar-refractivity contribution in [3.8, 4) is 5.75 Å². The van der Waals surface area contributed by atoms with Crippen LogP contribution in [0.2, 0.25) is 0 Å². The molecule has 0 unspecified atom stereocenters. The molecule has 0 amide bonds. The van der Waals surface area contributed by atoms with Gasteiger partial charge in [-0.05, 0) is 48.9 Å². The third kappa shape index (κ3) is 4.33. The van der Waals surface area contributed by atoms with Crippen LogP contribution in [0.1, 0.15) is 11.3 Å². The molecule has 0 aliphatic heterocycles. The number of hydrogen-bond acceptors (Lipinski definition) is 3. The normalized spacial score (nSPS) is 10.4. The Kier molecular flexibility index (Phi) is 5.36. The number of pyridine rings is 1. The summed E-state index contributed by atoms with van der Waals surface area (Å²) in [5, 5.41) is 0. The van der Waals surface area contributed by atoms with Crippen molar-refractivity contribution < 1.29 is 4.74 Å². The molecule has 0 saturated carbocycles. The van der Waals surface area contributed by atoms with Gasteiger partial charge in [0.25, 0.3) is 0 Å². The second-order valence-electron chi connectivity index (χ2n) is 4.21. The minimum Gasteiger partial charge on any atom is -0.493 e. The topological polar surface area (TPSA) is 48.1 Å². The van der Waals surface area contributed by atoms with Gasteiger partial charge < -0.3 is 10.5 Å². The zero-order chi connectivity index (χ0) is 13.5. The fraction of sp³-hybridized carbons (Fsp3) is 0.267. The molecule has 2 aromatic rings. The van der Waals surface area contributed by atoms with Crippen molar-refractivity contribution in [3.05, 3.63) is 58.3 Å². The average molecular weight is 321 g/mol. The van der Waals surface area contributed by atoms with E-state index < -0.39 is 0 Å². The predicted octanol–water partition coefficient (Wildman–Crippen LogP) is 2.97. The molecule has 1 heterocycles. The van der Waals surface area contributed by atoms with Gasteiger partial charge in [0.15, 0.2) is 0 Å². The Morgan fingerprint density at radius 3 is 2.79 bits per heavy atom. The molecule has 0 aliphatic rings. The first-order valence-electron chi connectivity index (χ1n) is 6.31. The van der Waals surface area contributed by atoms with Gasteiger partial charge in [-0.1, -0.05) is 22.0 Å². The summed E-state index contributed by atoms with van der Waals surface area (Å²) < 4.78 is 6.88. The van der Waals surface area contributed by atoms with Gasteiger partial charge in [0.2, 0.25) is 0 Å². The maximum absolute atomic E-state index is 5.83. The van der Waals surface area contributed by atoms with Crippen LogP contribution in [0, 0.1) is 0 Å². The summed E-state index contributed by atoms with van der Waals surface area (Å²) in [5.74, 6) is 0.907. The van der Waals surface area contributed by atoms with E-state index in [2.05, 4.69) is 27.0 Å². The van der Waals surface area contributed by atoms with Gasteiger partial charge in [0.1, 0.15) is 5.75 Å². The van der Waals surface area contributed by atoms with E-state index in [1.165, 1.54) is 0 Å². The van der Waals surface area contributed by atoms with E-state index in [1.54, 1.807) is 6.20 Å². The minimum atomic E-state index is 0.618. The number of rotatable bonds is 6. The highest BCUT2D eigenvalue weighted by Gasteiger charge is 2.04. The van der Waals surface area contributed by atoms with Crippen molar-refractivity contribution in [2.45, 2.75) is 12.8 Å². The maximum Gasteiger partial charge on any atom is 0.122 e. The second-order valence-corrected chi connectivity index (χ2v) is 5.13. The van der Waals surface area contributed by atoms with Crippen LogP contribution in [-0.4, -0.2) is 18.1 Å². The number of aromatic nitrogens is 1. The monoisotopic (exact) mass is 320 g/mol. The Hall–Kier alpha value is -1.39. The lowest BCUT2D eigenvalue weighted by atomic mass is 10.1. The number of nitrogens with zero attached hydrogens (tertiary/aromatic N) is 1. The van der Waals surface area contributed by atoms with Crippen molar-refractivity contribution in [1.29, 1.82) is 0 Å². The lowest BCUT2D eigenvalue weighted by Gasteiger charge is -2.11. The third-order valence-corrected chi connectivity index (χ3v) is 3.27. The highest BCUT2D eigenvalue weighted by Crippen LogP contribution is 2.23. The smallest absolute Gasteiger partial charge is 0.122 e. The van der Waals surface area contributed by atoms with Gasteiger partial charge in [-0.25, -0.2) is 0 Å². The number of halogens is 1. The van der Waals surface area contributed by atoms with E-state index in [9.17, 15) is 0 Å². The van der Waals surface area contributed by atoms with Crippen LogP contribution in [-0.2, 0) is 12.8 Å². The molecular formula is C15H17BrN2O. The Labute approximate surface area is 121 Å². The fourth-order valence-corrected chi connectivity index (χ4v) is 2.26. The lowest BCUT2D eigenvalue weighted by molar-refractivity contribution is 0.317. The highest BCUT2D eigenvalue weighted by molar-refractivity contribution is 9.10. The van der Waals surface area contributed by atoms with Crippen LogP contribution < -0.4 is 10.5 Å². The zero-order valence-electron chi connectivity index (χ0n) is 10.7. The molecule has 100 valence electrons. The summed E-state index contributed by atoms with van der Waals surface area (Å²) in [6, 6.07) is 11.9. The third-order valence-electron chi connectivity index (χ3n) is 2.78. The van der Waals surface area contributed by atoms with E-state index in [0.717, 1.165) is 34.3 Å². The summed E-state index contributed by atoms with van der Waals surface area (Å²) in [7, 11) is 0. The van der Waals surface area contributed by atoms with E-state index in [-0.39, 0.29) is 0 Å². The summed E-state index contributed by atoms with van der Waals surface area (Å²) in [6.07, 6.45) is 3.42. The van der Waals surface area contributed by atoms with Gasteiger partial charge in [-0.15, -0.1) is 0 Å². The molecule has 0 saturated heterocycles. The molecule has 0 spiro atoms. The molecule has 1 aromatic carbocycles. The van der Waals surface area contributed by atoms with Crippen molar-refractivity contribution in [3.63, 3.8) is 0 Å². The molecule has 2 rings (SSSR count). The summed E-state index contributed by atoms with van der Waals surface area (Å²) >= 11 is 3.46. The SMILES string of the molecule is NCCc1cc(Br)ccc1OCCc1ccccn1. The molecule has 3 nitrogen and oxygen atoms in total. The Morgan fingerprint density at radius 1 is 1.16 bits per heavy atom. The quantitative estimate of drug-likeness (QED) is 0.890. The molecule has 4 heteroatoms. The number of hydrogen-bond donors (Lipinski definition) is 1. The summed E-state index contributed by atoms with van der Waals surface area (Å²) in [6.45, 7) is 1.24. The minimum absolute atomic E-state index is 0.618. The van der Waals surface area contributed by atoms with Gasteiger partial charge in [0.05, 0.1) is 6.61 Å². The highest BCUT2D eigenvalue weighted by atomic mass is 79.9. The Bertz CT molecular complexity index is 517. The average Bonchev–Trinajstić information content (AvgIpc) is 2.43. The molecule has 0 fully saturated rings. The predicted molar refractivity (Wildman–Crippen MR) is 80.3 cm³/mol. The van der Waals surface area contributed by atoms with Crippen LogP contribution in [0.4, 0.5) is 0 Å². The van der Waals surface area contributed by atoms with Crippen molar-refractivity contribution in [2.75, 3.05) is 13.2 Å². The number of ether oxygens (including phenoxy) is 1. The van der Waals surface area contributed by atoms with Crippen LogP contribution in [0.25, 0.3) is 0 Å². The molecule has 0 atom stereocenters. The first-order valence-corrected chi connectivity index (χ1v) is 7.10. The van der Waals surface area contributed by atoms with Gasteiger partial charge in [0, 0.05) is 22.8 Å². The molecule has 0 radical (unpaired) electrons. The van der Waals surface area contributed by atoms with Crippen LogP contribution in [0.15, 0.2) is 47.1 Å². The van der Waals surface area contributed by atoms with Crippen molar-refractivity contribution in [1.82, 2.24) is 4.98 Å². The fourth-order valence-electron chi connectivity index (χ4n) is 1.85. The zero-order valence-corrected chi connectivity index (χ0v) is 12.3. The second kappa shape index (κ2) is 7.26. The van der Waals surface area contributed by atoms with E-state index >= 15 is 0 Å². The summed E-state index contributed by atoms with van der Waals surface area (Å²) in [4.78, 5) is 4.28. The molecule has 0 aliphatic carbocycles. The van der Waals surface area contributed by atoms with Crippen LogP contribution in [0.5, 0.6) is 5.75 Å². The molecule has 19 heavy (non-hydrogen) atoms. The van der Waals surface area contributed by atoms with Gasteiger partial charge in [-0.2, -0.15) is 0 Å². The van der Waals surface area contributed by atoms with E-state index in [1.807, 2.05) is 30.3 Å². The maximum atomic E-state index is 5.83. The van der Waals surface area contributed by atoms with Gasteiger partial charge >= 0.3 is 0 Å². The van der Waals surface area contributed by atoms with E-state index in [4.69, 9.17) is 10.5 Å². The van der Waals surface area contributed by atoms with Crippen molar-refractivity contribution >= 4 is 15.9 Å². The van der Waals surface area contributed by atoms with E-state index in [0.29, 0.717) is 13.2 Å². The molecule has 1 aromatic heterocycles. The molecular weight excluding hydrogens is 304 g/mol. The van der Waals surface area contributed by atoms with Crippen LogP contribution >= 0.6 is 15.9 Å². The first-order chi connectivity index (χ1) is 9.29. The lowest BCUT2D eigenvalue weighted by Crippen LogP contribution is -2.07. The van der Waals surface area contributed by atoms with Crippen LogP contribution in [0.3, 0.4) is 0 Å². The summed E-state index contributed by atoms with van der Waals surface area (Å²) in [5.41, 5.74) is 7.80. The standard InChI is InChI=1S/C15H17BrN2O/c16-13-4-5-15(12(11-13)6-8-17)19-10-7-14-3-1-2-9-18-14/h1-5,9,11H,6-8,10,17H2. The number of nitrogens with two attached hydrogens (primary N) is 1. The number of benzene rings is 1.